The molecule has 1 fully saturated rings. The number of alkyl halides is 1. The third-order valence-electron chi connectivity index (χ3n) is 5.59. The van der Waals surface area contributed by atoms with Crippen LogP contribution in [-0.4, -0.2) is 42.8 Å². The van der Waals surface area contributed by atoms with Crippen LogP contribution < -0.4 is 0 Å². The van der Waals surface area contributed by atoms with Crippen molar-refractivity contribution in [3.8, 4) is 0 Å². The topological polar surface area (TPSA) is 75.0 Å². The van der Waals surface area contributed by atoms with Gasteiger partial charge in [0.1, 0.15) is 29.8 Å². The molecule has 0 N–H and O–H groups in total. The molecule has 2 atom stereocenters. The number of fused-ring (bicyclic) bond motifs is 3. The first-order valence-corrected chi connectivity index (χ1v) is 9.85. The zero-order valence-electron chi connectivity index (χ0n) is 16.5. The normalized spacial score (nSPS) is 19.0. The summed E-state index contributed by atoms with van der Waals surface area (Å²) in [6, 6.07) is 5.45. The van der Waals surface area contributed by atoms with Gasteiger partial charge in [-0.1, -0.05) is 11.3 Å². The molecule has 4 aromatic rings. The van der Waals surface area contributed by atoms with Crippen LogP contribution in [0.25, 0.3) is 26.8 Å². The molecule has 30 heavy (non-hydrogen) atoms. The number of hydrogen-bond acceptors (Lipinski definition) is 5. The third kappa shape index (κ3) is 3.19. The number of rotatable bonds is 5. The molecule has 0 amide bonds. The van der Waals surface area contributed by atoms with Crippen LogP contribution in [-0.2, 0) is 17.9 Å². The Morgan fingerprint density at radius 2 is 2.20 bits per heavy atom. The zero-order valence-corrected chi connectivity index (χ0v) is 16.5. The van der Waals surface area contributed by atoms with Crippen LogP contribution in [0.5, 0.6) is 0 Å². The first-order chi connectivity index (χ1) is 14.7. The number of pyridine rings is 1. The number of benzene rings is 1. The highest BCUT2D eigenvalue weighted by Gasteiger charge is 2.29. The van der Waals surface area contributed by atoms with Gasteiger partial charge in [0.25, 0.3) is 0 Å². The summed E-state index contributed by atoms with van der Waals surface area (Å²) in [4.78, 5) is 12.9. The minimum Gasteiger partial charge on any atom is -0.378 e. The minimum absolute atomic E-state index is 0.00386. The number of methoxy groups -OCH3 is 1. The predicted octanol–water partition coefficient (Wildman–Crippen LogP) is 3.98. The fourth-order valence-corrected chi connectivity index (χ4v) is 4.30. The summed E-state index contributed by atoms with van der Waals surface area (Å²) in [5.74, 6) is 0.778. The lowest BCUT2D eigenvalue weighted by Crippen LogP contribution is -2.14. The fourth-order valence-electron chi connectivity index (χ4n) is 4.30. The molecule has 2 unspecified atom stereocenters. The van der Waals surface area contributed by atoms with E-state index in [0.29, 0.717) is 31.7 Å². The van der Waals surface area contributed by atoms with E-state index in [9.17, 15) is 4.39 Å². The van der Waals surface area contributed by atoms with Crippen molar-refractivity contribution >= 4 is 27.6 Å². The first kappa shape index (κ1) is 18.6. The van der Waals surface area contributed by atoms with Crippen LogP contribution in [0.2, 0.25) is 0 Å². The molecule has 152 valence electrons. The van der Waals surface area contributed by atoms with E-state index in [1.165, 1.54) is 0 Å². The van der Waals surface area contributed by atoms with Crippen molar-refractivity contribution in [3.63, 3.8) is 0 Å². The number of halogens is 1. The summed E-state index contributed by atoms with van der Waals surface area (Å²) in [5.41, 5.74) is 3.71. The molecular formula is C21H20FN7O. The van der Waals surface area contributed by atoms with E-state index in [1.807, 2.05) is 18.3 Å². The summed E-state index contributed by atoms with van der Waals surface area (Å²) >= 11 is 0. The van der Waals surface area contributed by atoms with Gasteiger partial charge in [-0.25, -0.2) is 18.9 Å². The molecule has 0 aliphatic heterocycles. The molecule has 3 heterocycles. The average molecular weight is 405 g/mol. The van der Waals surface area contributed by atoms with E-state index < -0.39 is 6.17 Å². The molecule has 3 aromatic heterocycles. The Morgan fingerprint density at radius 3 is 2.97 bits per heavy atom. The highest BCUT2D eigenvalue weighted by Crippen LogP contribution is 2.38. The van der Waals surface area contributed by atoms with E-state index in [2.05, 4.69) is 24.7 Å². The number of aromatic nitrogens is 6. The van der Waals surface area contributed by atoms with Crippen LogP contribution in [0.1, 0.15) is 36.8 Å². The quantitative estimate of drug-likeness (QED) is 0.470. The molecule has 0 bridgehead atoms. The average Bonchev–Trinajstić information content (AvgIpc) is 3.46. The van der Waals surface area contributed by atoms with Crippen molar-refractivity contribution in [1.82, 2.24) is 29.5 Å². The number of ether oxygens (including phenoxy) is 1. The molecule has 9 heteroatoms. The molecule has 0 saturated heterocycles. The van der Waals surface area contributed by atoms with Gasteiger partial charge in [0.05, 0.1) is 36.6 Å². The molecule has 0 spiro atoms. The summed E-state index contributed by atoms with van der Waals surface area (Å²) < 4.78 is 23.1. The molecule has 0 radical (unpaired) electrons. The summed E-state index contributed by atoms with van der Waals surface area (Å²) in [6.07, 6.45) is 4.51. The van der Waals surface area contributed by atoms with E-state index in [1.54, 1.807) is 24.1 Å². The highest BCUT2D eigenvalue weighted by atomic mass is 19.1. The van der Waals surface area contributed by atoms with Gasteiger partial charge in [0, 0.05) is 18.5 Å². The van der Waals surface area contributed by atoms with Gasteiger partial charge in [-0.05, 0) is 31.4 Å². The smallest absolute Gasteiger partial charge is 0.188 e. The second kappa shape index (κ2) is 7.46. The number of hydrogen-bond donors (Lipinski definition) is 0. The van der Waals surface area contributed by atoms with Gasteiger partial charge < -0.3 is 9.30 Å². The van der Waals surface area contributed by atoms with Crippen LogP contribution in [0.3, 0.4) is 0 Å². The van der Waals surface area contributed by atoms with Crippen LogP contribution in [0.15, 0.2) is 30.6 Å². The minimum atomic E-state index is -0.813. The Kier molecular flexibility index (Phi) is 4.64. The second-order valence-corrected chi connectivity index (χ2v) is 7.61. The molecule has 8 nitrogen and oxygen atoms in total. The Hall–Kier alpha value is -3.38. The lowest BCUT2D eigenvalue weighted by molar-refractivity contribution is 0.181. The first-order valence-electron chi connectivity index (χ1n) is 9.85. The maximum atomic E-state index is 14.1. The summed E-state index contributed by atoms with van der Waals surface area (Å²) in [7, 11) is 1.61. The molecule has 1 saturated carbocycles. The lowest BCUT2D eigenvalue weighted by atomic mass is 10.1. The molecule has 1 aliphatic rings. The largest absolute Gasteiger partial charge is 0.378 e. The van der Waals surface area contributed by atoms with Crippen molar-refractivity contribution in [2.45, 2.75) is 44.6 Å². The van der Waals surface area contributed by atoms with Gasteiger partial charge >= 0.3 is 0 Å². The second-order valence-electron chi connectivity index (χ2n) is 7.61. The standard InChI is InChI=1S/C21H20FN7O/c1-23-14-4-6-18-17(8-14)21-19(9-24-18)25-20(29(21)16-5-3-13(22)7-16)11-28-10-15(12-30-2)26-27-28/h4,6,8-10,13,16H,3,5,7,11-12H2,2H3. The molecule has 1 aliphatic carbocycles. The van der Waals surface area contributed by atoms with Crippen molar-refractivity contribution in [2.24, 2.45) is 0 Å². The SMILES string of the molecule is [C-]#[N+]c1ccc2ncc3nc(Cn4cc(COC)nn4)n(C4CCC(F)C4)c3c2c1. The summed E-state index contributed by atoms with van der Waals surface area (Å²) in [6.45, 7) is 8.16. The predicted molar refractivity (Wildman–Crippen MR) is 109 cm³/mol. The van der Waals surface area contributed by atoms with Crippen molar-refractivity contribution in [1.29, 1.82) is 0 Å². The van der Waals surface area contributed by atoms with Crippen molar-refractivity contribution in [3.05, 3.63) is 53.5 Å². The van der Waals surface area contributed by atoms with Gasteiger partial charge in [0.2, 0.25) is 0 Å². The Bertz CT molecular complexity index is 1270. The van der Waals surface area contributed by atoms with Crippen LogP contribution in [0, 0.1) is 6.57 Å². The zero-order chi connectivity index (χ0) is 20.7. The van der Waals surface area contributed by atoms with Crippen LogP contribution in [0.4, 0.5) is 10.1 Å². The molecule has 1 aromatic carbocycles. The molecule has 5 rings (SSSR count). The number of imidazole rings is 1. The Balaban J connectivity index is 1.69. The van der Waals surface area contributed by atoms with E-state index in [0.717, 1.165) is 39.9 Å². The summed E-state index contributed by atoms with van der Waals surface area (Å²) in [5, 5.41) is 9.15. The van der Waals surface area contributed by atoms with Gasteiger partial charge in [-0.15, -0.1) is 5.10 Å². The van der Waals surface area contributed by atoms with Gasteiger partial charge in [-0.2, -0.15) is 0 Å². The Labute approximate surface area is 172 Å². The van der Waals surface area contributed by atoms with Crippen molar-refractivity contribution in [2.75, 3.05) is 7.11 Å². The van der Waals surface area contributed by atoms with Gasteiger partial charge in [-0.3, -0.25) is 4.98 Å². The van der Waals surface area contributed by atoms with Gasteiger partial charge in [0.15, 0.2) is 5.69 Å². The fraction of sp³-hybridized carbons (Fsp3) is 0.381. The van der Waals surface area contributed by atoms with Crippen LogP contribution >= 0.6 is 0 Å². The maximum absolute atomic E-state index is 14.1. The maximum Gasteiger partial charge on any atom is 0.188 e. The Morgan fingerprint density at radius 1 is 1.30 bits per heavy atom. The monoisotopic (exact) mass is 405 g/mol. The molecular weight excluding hydrogens is 385 g/mol. The highest BCUT2D eigenvalue weighted by molar-refractivity contribution is 6.03. The van der Waals surface area contributed by atoms with E-state index >= 15 is 0 Å². The van der Waals surface area contributed by atoms with E-state index in [-0.39, 0.29) is 6.04 Å². The van der Waals surface area contributed by atoms with E-state index in [4.69, 9.17) is 16.3 Å². The van der Waals surface area contributed by atoms with Crippen molar-refractivity contribution < 1.29 is 9.13 Å². The number of nitrogens with zero attached hydrogens (tertiary/aromatic N) is 7. The lowest BCUT2D eigenvalue weighted by Gasteiger charge is -2.17. The third-order valence-corrected chi connectivity index (χ3v) is 5.59.